The molecule has 2 bridgehead atoms. The summed E-state index contributed by atoms with van der Waals surface area (Å²) in [6, 6.07) is 3.67. The van der Waals surface area contributed by atoms with E-state index in [0.717, 1.165) is 25.2 Å². The number of hydrogen-bond donors (Lipinski definition) is 0. The van der Waals surface area contributed by atoms with Crippen molar-refractivity contribution in [3.8, 4) is 11.4 Å². The molecule has 1 saturated carbocycles. The third-order valence-electron chi connectivity index (χ3n) is 6.79. The van der Waals surface area contributed by atoms with Crippen LogP contribution in [0.3, 0.4) is 0 Å². The lowest BCUT2D eigenvalue weighted by atomic mass is 9.84. The molecule has 3 fully saturated rings. The van der Waals surface area contributed by atoms with E-state index in [4.69, 9.17) is 18.7 Å². The fourth-order valence-corrected chi connectivity index (χ4v) is 5.30. The molecular weight excluding hydrogens is 481 g/mol. The predicted octanol–water partition coefficient (Wildman–Crippen LogP) is 2.99. The number of aromatic nitrogens is 2. The Morgan fingerprint density at radius 3 is 2.54 bits per heavy atom. The summed E-state index contributed by atoms with van der Waals surface area (Å²) >= 11 is 0. The largest absolute Gasteiger partial charge is 0.443 e. The standard InChI is InChI=1S/C23H28FN3O7S/c1-13(21-25-20(26-34-21)14-4-5-18(17(24)8-14)35(3,29)30)32-19-15-9-27(10-16(19)12-31-11-15)22(28)33-23(2)6-7-23/h4-5,8,13,15-16,19H,6-7,9-12H2,1-3H3/t13-,15?,16?,19?/m1/s1. The van der Waals surface area contributed by atoms with Crippen molar-refractivity contribution in [2.75, 3.05) is 32.6 Å². The topological polar surface area (TPSA) is 121 Å². The zero-order valence-corrected chi connectivity index (χ0v) is 20.6. The molecule has 5 rings (SSSR count). The summed E-state index contributed by atoms with van der Waals surface area (Å²) in [5.74, 6) is -0.581. The van der Waals surface area contributed by atoms with Crippen LogP contribution in [-0.4, -0.2) is 73.8 Å². The Kier molecular flexibility index (Phi) is 6.09. The van der Waals surface area contributed by atoms with Crippen LogP contribution < -0.4 is 0 Å². The van der Waals surface area contributed by atoms with Crippen molar-refractivity contribution in [3.63, 3.8) is 0 Å². The maximum absolute atomic E-state index is 14.3. The van der Waals surface area contributed by atoms with Gasteiger partial charge in [-0.15, -0.1) is 0 Å². The maximum atomic E-state index is 14.3. The number of sulfone groups is 1. The quantitative estimate of drug-likeness (QED) is 0.578. The Bertz CT molecular complexity index is 1220. The minimum atomic E-state index is -3.68. The molecule has 1 aliphatic carbocycles. The summed E-state index contributed by atoms with van der Waals surface area (Å²) in [5, 5.41) is 3.90. The van der Waals surface area contributed by atoms with Gasteiger partial charge in [-0.05, 0) is 44.9 Å². The molecule has 2 aliphatic heterocycles. The van der Waals surface area contributed by atoms with Crippen molar-refractivity contribution in [2.45, 2.75) is 49.4 Å². The van der Waals surface area contributed by atoms with Gasteiger partial charge in [0.1, 0.15) is 22.4 Å². The lowest BCUT2D eigenvalue weighted by Crippen LogP contribution is -2.58. The molecule has 1 aromatic heterocycles. The number of rotatable bonds is 6. The van der Waals surface area contributed by atoms with Crippen molar-refractivity contribution in [1.29, 1.82) is 0 Å². The fourth-order valence-electron chi connectivity index (χ4n) is 4.58. The molecule has 1 amide bonds. The van der Waals surface area contributed by atoms with Crippen LogP contribution in [0.1, 0.15) is 38.7 Å². The van der Waals surface area contributed by atoms with Gasteiger partial charge in [-0.2, -0.15) is 4.98 Å². The highest BCUT2D eigenvalue weighted by atomic mass is 32.2. The van der Waals surface area contributed by atoms with E-state index >= 15 is 0 Å². The zero-order chi connectivity index (χ0) is 25.0. The molecular formula is C23H28FN3O7S. The van der Waals surface area contributed by atoms with Crippen LogP contribution in [0.25, 0.3) is 11.4 Å². The number of amides is 1. The molecule has 0 N–H and O–H groups in total. The molecule has 3 atom stereocenters. The van der Waals surface area contributed by atoms with Crippen LogP contribution in [0.5, 0.6) is 0 Å². The molecule has 0 radical (unpaired) electrons. The average molecular weight is 510 g/mol. The van der Waals surface area contributed by atoms with Crippen LogP contribution >= 0.6 is 0 Å². The highest BCUT2D eigenvalue weighted by Gasteiger charge is 2.47. The number of nitrogens with zero attached hydrogens (tertiary/aromatic N) is 3. The van der Waals surface area contributed by atoms with Gasteiger partial charge in [0, 0.05) is 36.7 Å². The summed E-state index contributed by atoms with van der Waals surface area (Å²) in [5.41, 5.74) is -0.0348. The molecule has 1 aromatic carbocycles. The first-order valence-corrected chi connectivity index (χ1v) is 13.5. The normalized spacial score (nSPS) is 26.3. The lowest BCUT2D eigenvalue weighted by molar-refractivity contribution is -0.168. The molecule has 3 aliphatic rings. The van der Waals surface area contributed by atoms with Crippen LogP contribution in [0, 0.1) is 17.7 Å². The maximum Gasteiger partial charge on any atom is 0.410 e. The summed E-state index contributed by atoms with van der Waals surface area (Å²) in [6.45, 7) is 5.62. The third-order valence-corrected chi connectivity index (χ3v) is 7.92. The minimum absolute atomic E-state index is 0.0236. The molecule has 2 saturated heterocycles. The van der Waals surface area contributed by atoms with E-state index in [9.17, 15) is 17.6 Å². The second-order valence-electron chi connectivity index (χ2n) is 9.90. The highest BCUT2D eigenvalue weighted by Crippen LogP contribution is 2.40. The van der Waals surface area contributed by atoms with Gasteiger partial charge in [-0.3, -0.25) is 0 Å². The Morgan fingerprint density at radius 1 is 1.26 bits per heavy atom. The summed E-state index contributed by atoms with van der Waals surface area (Å²) in [4.78, 5) is 18.3. The molecule has 2 aromatic rings. The van der Waals surface area contributed by atoms with Crippen molar-refractivity contribution >= 4 is 15.9 Å². The van der Waals surface area contributed by atoms with E-state index < -0.39 is 26.7 Å². The summed E-state index contributed by atoms with van der Waals surface area (Å²) in [6.07, 6.45) is 1.73. The van der Waals surface area contributed by atoms with E-state index in [-0.39, 0.29) is 41.3 Å². The predicted molar refractivity (Wildman–Crippen MR) is 120 cm³/mol. The van der Waals surface area contributed by atoms with Gasteiger partial charge >= 0.3 is 6.09 Å². The molecule has 12 heteroatoms. The van der Waals surface area contributed by atoms with Gasteiger partial charge in [0.15, 0.2) is 9.84 Å². The van der Waals surface area contributed by atoms with E-state index in [0.29, 0.717) is 31.9 Å². The SMILES string of the molecule is C[C@@H](OC1C2COCC1CN(C(=O)OC1(C)CC1)C2)c1nc(-c2ccc(S(C)(=O)=O)c(F)c2)no1. The van der Waals surface area contributed by atoms with Crippen molar-refractivity contribution < 1.29 is 36.3 Å². The molecule has 2 unspecified atom stereocenters. The summed E-state index contributed by atoms with van der Waals surface area (Å²) < 4.78 is 60.6. The van der Waals surface area contributed by atoms with Crippen molar-refractivity contribution in [2.24, 2.45) is 11.8 Å². The van der Waals surface area contributed by atoms with Crippen LogP contribution in [0.4, 0.5) is 9.18 Å². The summed E-state index contributed by atoms with van der Waals surface area (Å²) in [7, 11) is -3.68. The number of fused-ring (bicyclic) bond motifs is 2. The van der Waals surface area contributed by atoms with E-state index in [2.05, 4.69) is 10.1 Å². The third kappa shape index (κ3) is 5.05. The molecule has 0 spiro atoms. The Morgan fingerprint density at radius 2 is 1.94 bits per heavy atom. The number of ether oxygens (including phenoxy) is 3. The van der Waals surface area contributed by atoms with E-state index in [1.54, 1.807) is 11.8 Å². The molecule has 190 valence electrons. The average Bonchev–Trinajstić information content (AvgIpc) is 3.29. The molecule has 3 heterocycles. The van der Waals surface area contributed by atoms with Crippen molar-refractivity contribution in [3.05, 3.63) is 29.9 Å². The highest BCUT2D eigenvalue weighted by molar-refractivity contribution is 7.90. The number of piperidine rings is 1. The second kappa shape index (κ2) is 8.82. The van der Waals surface area contributed by atoms with Gasteiger partial charge in [0.25, 0.3) is 5.89 Å². The monoisotopic (exact) mass is 509 g/mol. The number of benzene rings is 1. The number of carbonyl (C=O) groups excluding carboxylic acids is 1. The lowest BCUT2D eigenvalue weighted by Gasteiger charge is -2.46. The van der Waals surface area contributed by atoms with E-state index in [1.165, 1.54) is 12.1 Å². The number of halogens is 1. The minimum Gasteiger partial charge on any atom is -0.443 e. The molecule has 10 nitrogen and oxygen atoms in total. The number of carbonyl (C=O) groups is 1. The first-order valence-electron chi connectivity index (χ1n) is 11.6. The smallest absolute Gasteiger partial charge is 0.410 e. The van der Waals surface area contributed by atoms with Gasteiger partial charge in [0.2, 0.25) is 5.82 Å². The van der Waals surface area contributed by atoms with E-state index in [1.807, 2.05) is 6.92 Å². The Balaban J connectivity index is 1.25. The fraction of sp³-hybridized carbons (Fsp3) is 0.609. The van der Waals surface area contributed by atoms with Crippen molar-refractivity contribution in [1.82, 2.24) is 15.0 Å². The van der Waals surface area contributed by atoms with Crippen LogP contribution in [-0.2, 0) is 24.0 Å². The second-order valence-corrected chi connectivity index (χ2v) is 11.9. The van der Waals surface area contributed by atoms with Gasteiger partial charge < -0.3 is 23.6 Å². The van der Waals surface area contributed by atoms with Gasteiger partial charge in [-0.1, -0.05) is 5.16 Å². The first kappa shape index (κ1) is 24.1. The van der Waals surface area contributed by atoms with Gasteiger partial charge in [0.05, 0.1) is 19.3 Å². The van der Waals surface area contributed by atoms with Crippen LogP contribution in [0.15, 0.2) is 27.6 Å². The Hall–Kier alpha value is -2.57. The Labute approximate surface area is 202 Å². The number of likely N-dealkylation sites (tertiary alicyclic amines) is 1. The molecule has 35 heavy (non-hydrogen) atoms. The first-order chi connectivity index (χ1) is 16.5. The van der Waals surface area contributed by atoms with Crippen LogP contribution in [0.2, 0.25) is 0 Å². The number of hydrogen-bond acceptors (Lipinski definition) is 9. The zero-order valence-electron chi connectivity index (χ0n) is 19.8. The van der Waals surface area contributed by atoms with Gasteiger partial charge in [-0.25, -0.2) is 17.6 Å².